The molecule has 0 bridgehead atoms. The van der Waals surface area contributed by atoms with Crippen molar-refractivity contribution >= 4 is 17.9 Å². The van der Waals surface area contributed by atoms with Crippen LogP contribution in [0.3, 0.4) is 0 Å². The van der Waals surface area contributed by atoms with Crippen LogP contribution in [0.1, 0.15) is 27.3 Å². The molecule has 2 heterocycles. The Kier molecular flexibility index (Phi) is 6.45. The van der Waals surface area contributed by atoms with Crippen molar-refractivity contribution in [2.75, 3.05) is 5.32 Å². The minimum Gasteiger partial charge on any atom is -0.307 e. The van der Waals surface area contributed by atoms with Crippen LogP contribution in [-0.4, -0.2) is 26.8 Å². The van der Waals surface area contributed by atoms with Gasteiger partial charge in [0.2, 0.25) is 0 Å². The van der Waals surface area contributed by atoms with E-state index in [0.29, 0.717) is 34.2 Å². The Morgan fingerprint density at radius 2 is 1.82 bits per heavy atom. The van der Waals surface area contributed by atoms with E-state index in [9.17, 15) is 9.18 Å². The number of benzene rings is 2. The summed E-state index contributed by atoms with van der Waals surface area (Å²) >= 11 is 0. The summed E-state index contributed by atoms with van der Waals surface area (Å²) < 4.78 is 15.6. The van der Waals surface area contributed by atoms with Gasteiger partial charge >= 0.3 is 0 Å². The first-order valence-corrected chi connectivity index (χ1v) is 10.7. The summed E-state index contributed by atoms with van der Waals surface area (Å²) in [5.41, 5.74) is 4.96. The van der Waals surface area contributed by atoms with Crippen molar-refractivity contribution in [3.63, 3.8) is 0 Å². The second-order valence-corrected chi connectivity index (χ2v) is 7.88. The smallest absolute Gasteiger partial charge is 0.256 e. The summed E-state index contributed by atoms with van der Waals surface area (Å²) in [6, 6.07) is 15.8. The highest BCUT2D eigenvalue weighted by atomic mass is 19.1. The van der Waals surface area contributed by atoms with Crippen LogP contribution in [-0.2, 0) is 0 Å². The second-order valence-electron chi connectivity index (χ2n) is 7.88. The number of pyridine rings is 1. The van der Waals surface area contributed by atoms with Crippen molar-refractivity contribution in [3.05, 3.63) is 102 Å². The first kappa shape index (κ1) is 22.8. The van der Waals surface area contributed by atoms with Crippen molar-refractivity contribution in [2.45, 2.75) is 20.8 Å². The lowest BCUT2D eigenvalue weighted by Gasteiger charge is -2.10. The molecule has 0 aliphatic rings. The first-order valence-electron chi connectivity index (χ1n) is 10.7. The fraction of sp³-hybridized carbons (Fsp3) is 0.111. The van der Waals surface area contributed by atoms with E-state index in [1.807, 2.05) is 32.0 Å². The molecule has 0 saturated carbocycles. The van der Waals surface area contributed by atoms with E-state index in [1.54, 1.807) is 60.4 Å². The number of aryl methyl sites for hydroxylation is 3. The monoisotopic (exact) mass is 453 g/mol. The number of amides is 1. The zero-order valence-electron chi connectivity index (χ0n) is 19.2. The van der Waals surface area contributed by atoms with Gasteiger partial charge in [0.25, 0.3) is 5.91 Å². The Labute approximate surface area is 197 Å². The number of carbonyl (C=O) groups excluding carboxylic acids is 1. The van der Waals surface area contributed by atoms with Crippen molar-refractivity contribution in [1.82, 2.24) is 14.6 Å². The average Bonchev–Trinajstić information content (AvgIpc) is 3.16. The van der Waals surface area contributed by atoms with Gasteiger partial charge in [0.15, 0.2) is 0 Å². The zero-order valence-corrected chi connectivity index (χ0v) is 19.2. The molecule has 170 valence electrons. The van der Waals surface area contributed by atoms with Gasteiger partial charge in [0.05, 0.1) is 5.69 Å². The maximum atomic E-state index is 13.9. The Hall–Kier alpha value is -4.39. The van der Waals surface area contributed by atoms with E-state index in [4.69, 9.17) is 4.98 Å². The predicted octanol–water partition coefficient (Wildman–Crippen LogP) is 5.95. The molecular weight excluding hydrogens is 429 g/mol. The van der Waals surface area contributed by atoms with Gasteiger partial charge in [-0.1, -0.05) is 24.3 Å². The second kappa shape index (κ2) is 9.62. The topological polar surface area (TPSA) is 72.2 Å². The first-order chi connectivity index (χ1) is 16.4. The van der Waals surface area contributed by atoms with Crippen LogP contribution in [0.2, 0.25) is 0 Å². The number of hydrogen-bond donors (Lipinski definition) is 1. The average molecular weight is 454 g/mol. The van der Waals surface area contributed by atoms with Gasteiger partial charge in [0, 0.05) is 29.1 Å². The van der Waals surface area contributed by atoms with Crippen LogP contribution in [0.5, 0.6) is 0 Å². The molecule has 0 radical (unpaired) electrons. The van der Waals surface area contributed by atoms with Crippen LogP contribution in [0.25, 0.3) is 22.5 Å². The number of anilines is 1. The number of carbonyl (C=O) groups is 1. The van der Waals surface area contributed by atoms with Gasteiger partial charge in [-0.15, -0.1) is 0 Å². The highest BCUT2D eigenvalue weighted by Crippen LogP contribution is 2.34. The van der Waals surface area contributed by atoms with Crippen LogP contribution in [0.15, 0.2) is 78.6 Å². The van der Waals surface area contributed by atoms with E-state index in [1.165, 1.54) is 6.07 Å². The number of nitrogens with zero attached hydrogens (tertiary/aromatic N) is 4. The number of imidazole rings is 1. The van der Waals surface area contributed by atoms with Crippen molar-refractivity contribution < 1.29 is 9.18 Å². The third-order valence-electron chi connectivity index (χ3n) is 5.32. The fourth-order valence-corrected chi connectivity index (χ4v) is 3.57. The fourth-order valence-electron chi connectivity index (χ4n) is 3.57. The van der Waals surface area contributed by atoms with Gasteiger partial charge < -0.3 is 5.32 Å². The van der Waals surface area contributed by atoms with E-state index >= 15 is 0 Å². The molecule has 2 aromatic carbocycles. The van der Waals surface area contributed by atoms with E-state index in [0.717, 1.165) is 16.7 Å². The van der Waals surface area contributed by atoms with E-state index in [2.05, 4.69) is 22.0 Å². The summed E-state index contributed by atoms with van der Waals surface area (Å²) in [6.07, 6.45) is 4.76. The van der Waals surface area contributed by atoms with Crippen molar-refractivity contribution in [1.29, 1.82) is 0 Å². The Bertz CT molecular complexity index is 1400. The van der Waals surface area contributed by atoms with Gasteiger partial charge in [-0.3, -0.25) is 4.79 Å². The molecule has 4 aromatic rings. The van der Waals surface area contributed by atoms with Gasteiger partial charge in [0.1, 0.15) is 23.2 Å². The van der Waals surface area contributed by atoms with Crippen LogP contribution in [0, 0.1) is 26.6 Å². The van der Waals surface area contributed by atoms with Gasteiger partial charge in [-0.2, -0.15) is 5.10 Å². The zero-order chi connectivity index (χ0) is 24.2. The molecule has 0 atom stereocenters. The summed E-state index contributed by atoms with van der Waals surface area (Å²) in [6.45, 7) is 9.21. The van der Waals surface area contributed by atoms with Gasteiger partial charge in [-0.05, 0) is 74.9 Å². The number of aromatic nitrogens is 3. The highest BCUT2D eigenvalue weighted by molar-refractivity contribution is 6.04. The standard InChI is InChI=1S/C27H24FN5O/c1-5-13-30-33-19(4)31-25(21-10-11-23(28)18(3)15-21)26(33)22-12-14-29-24(16-22)32-27(34)20-8-6-17(2)7-9-20/h5-16H,1H2,2-4H3,(H,29,32,34)/b30-13-. The van der Waals surface area contributed by atoms with Crippen molar-refractivity contribution in [2.24, 2.45) is 5.10 Å². The molecule has 0 unspecified atom stereocenters. The van der Waals surface area contributed by atoms with E-state index < -0.39 is 0 Å². The molecule has 4 rings (SSSR count). The largest absolute Gasteiger partial charge is 0.307 e. The van der Waals surface area contributed by atoms with Gasteiger partial charge in [-0.25, -0.2) is 19.0 Å². The number of nitrogens with one attached hydrogen (secondary N) is 1. The van der Waals surface area contributed by atoms with Crippen LogP contribution in [0.4, 0.5) is 10.2 Å². The lowest BCUT2D eigenvalue weighted by Crippen LogP contribution is -2.13. The third-order valence-corrected chi connectivity index (χ3v) is 5.32. The summed E-state index contributed by atoms with van der Waals surface area (Å²) in [5, 5.41) is 7.31. The minimum atomic E-state index is -0.281. The van der Waals surface area contributed by atoms with Crippen molar-refractivity contribution in [3.8, 4) is 22.5 Å². The summed E-state index contributed by atoms with van der Waals surface area (Å²) in [5.74, 6) is 0.499. The molecule has 0 aliphatic carbocycles. The normalized spacial score (nSPS) is 11.1. The summed E-state index contributed by atoms with van der Waals surface area (Å²) in [4.78, 5) is 21.7. The molecule has 2 aromatic heterocycles. The quantitative estimate of drug-likeness (QED) is 0.367. The lowest BCUT2D eigenvalue weighted by atomic mass is 10.0. The number of allylic oxidation sites excluding steroid dienone is 1. The molecule has 7 heteroatoms. The van der Waals surface area contributed by atoms with Crippen LogP contribution < -0.4 is 5.32 Å². The third kappa shape index (κ3) is 4.68. The lowest BCUT2D eigenvalue weighted by molar-refractivity contribution is 0.102. The minimum absolute atomic E-state index is 0.256. The molecule has 0 aliphatic heterocycles. The molecular formula is C27H24FN5O. The van der Waals surface area contributed by atoms with Crippen LogP contribution >= 0.6 is 0 Å². The highest BCUT2D eigenvalue weighted by Gasteiger charge is 2.20. The molecule has 1 amide bonds. The number of hydrogen-bond acceptors (Lipinski definition) is 4. The number of rotatable bonds is 6. The molecule has 0 saturated heterocycles. The predicted molar refractivity (Wildman–Crippen MR) is 134 cm³/mol. The molecule has 34 heavy (non-hydrogen) atoms. The maximum absolute atomic E-state index is 13.9. The maximum Gasteiger partial charge on any atom is 0.256 e. The molecule has 6 nitrogen and oxygen atoms in total. The Morgan fingerprint density at radius 3 is 2.53 bits per heavy atom. The molecule has 0 spiro atoms. The Morgan fingerprint density at radius 1 is 1.06 bits per heavy atom. The molecule has 1 N–H and O–H groups in total. The van der Waals surface area contributed by atoms with E-state index in [-0.39, 0.29) is 11.7 Å². The summed E-state index contributed by atoms with van der Waals surface area (Å²) in [7, 11) is 0. The Balaban J connectivity index is 1.79. The SMILES string of the molecule is C=C/C=N\n1c(C)nc(-c2ccc(F)c(C)c2)c1-c1ccnc(NC(=O)c2ccc(C)cc2)c1. The number of halogens is 1. The molecule has 0 fully saturated rings.